The number of hydrogen-bond donors (Lipinski definition) is 3. The molecule has 0 saturated heterocycles. The van der Waals surface area contributed by atoms with E-state index in [0.717, 1.165) is 0 Å². The zero-order valence-electron chi connectivity index (χ0n) is 20.1. The maximum atomic E-state index is 13.1. The normalized spacial score (nSPS) is 13.8. The number of para-hydroxylation sites is 1. The van der Waals surface area contributed by atoms with Gasteiger partial charge in [-0.2, -0.15) is 0 Å². The number of pyridine rings is 1. The van der Waals surface area contributed by atoms with Gasteiger partial charge in [-0.1, -0.05) is 17.9 Å². The van der Waals surface area contributed by atoms with Crippen molar-refractivity contribution in [3.63, 3.8) is 0 Å². The van der Waals surface area contributed by atoms with Crippen LogP contribution in [0.4, 0.5) is 5.95 Å². The molecule has 0 amide bonds. The molecule has 0 unspecified atom stereocenters. The van der Waals surface area contributed by atoms with Crippen LogP contribution < -0.4 is 9.46 Å². The number of ether oxygens (including phenoxy) is 2. The molecule has 3 N–H and O–H groups in total. The third kappa shape index (κ3) is 4.75. The highest BCUT2D eigenvalue weighted by molar-refractivity contribution is 7.92. The second-order valence-corrected chi connectivity index (χ2v) is 9.73. The number of anilines is 1. The van der Waals surface area contributed by atoms with E-state index in [0.29, 0.717) is 5.65 Å². The highest BCUT2D eigenvalue weighted by Gasteiger charge is 2.28. The highest BCUT2D eigenvalue weighted by Crippen LogP contribution is 2.36. The summed E-state index contributed by atoms with van der Waals surface area (Å²) >= 11 is 0. The summed E-state index contributed by atoms with van der Waals surface area (Å²) in [4.78, 5) is 8.54. The third-order valence-corrected chi connectivity index (χ3v) is 6.71. The fraction of sp³-hybridized carbons (Fsp3) is 0.167. The highest BCUT2D eigenvalue weighted by atomic mass is 32.2. The van der Waals surface area contributed by atoms with E-state index in [1.165, 1.54) is 30.9 Å². The summed E-state index contributed by atoms with van der Waals surface area (Å²) in [5, 5.41) is 29.4. The number of sulfonamides is 1. The quantitative estimate of drug-likeness (QED) is 0.285. The number of imidazole rings is 1. The zero-order valence-corrected chi connectivity index (χ0v) is 20.9. The SMILES string of the molecule is COC1=NC(c2nnc(NS(=O)(=O)C[C@@H](O)c3cn4ccccc4n3)n2-c2c(O)cccc2OC)=C=C=C1. The zero-order chi connectivity index (χ0) is 26.9. The summed E-state index contributed by atoms with van der Waals surface area (Å²) in [6.45, 7) is 0. The van der Waals surface area contributed by atoms with Gasteiger partial charge in [-0.15, -0.1) is 10.2 Å². The van der Waals surface area contributed by atoms with Crippen molar-refractivity contribution in [3.8, 4) is 17.2 Å². The van der Waals surface area contributed by atoms with Crippen LogP contribution in [-0.2, 0) is 14.8 Å². The van der Waals surface area contributed by atoms with E-state index in [2.05, 4.69) is 36.4 Å². The molecule has 14 heteroatoms. The van der Waals surface area contributed by atoms with Crippen LogP contribution in [0, 0.1) is 0 Å². The number of aliphatic hydroxyl groups is 1. The summed E-state index contributed by atoms with van der Waals surface area (Å²) in [5.74, 6) is -0.853. The number of aliphatic imine (C=N–C) groups is 1. The van der Waals surface area contributed by atoms with Gasteiger partial charge in [0.1, 0.15) is 34.7 Å². The fourth-order valence-corrected chi connectivity index (χ4v) is 4.83. The molecule has 0 bridgehead atoms. The minimum atomic E-state index is -4.22. The van der Waals surface area contributed by atoms with Crippen molar-refractivity contribution in [1.29, 1.82) is 0 Å². The van der Waals surface area contributed by atoms with Crippen molar-refractivity contribution >= 4 is 33.2 Å². The van der Waals surface area contributed by atoms with Gasteiger partial charge >= 0.3 is 0 Å². The van der Waals surface area contributed by atoms with Crippen LogP contribution in [0.25, 0.3) is 17.0 Å². The number of phenolic OH excluding ortho intramolecular Hbond substituents is 1. The first-order valence-electron chi connectivity index (χ1n) is 11.1. The molecule has 4 heterocycles. The molecule has 5 rings (SSSR count). The van der Waals surface area contributed by atoms with Gasteiger partial charge in [-0.05, 0) is 30.0 Å². The number of fused-ring (bicyclic) bond motifs is 1. The van der Waals surface area contributed by atoms with E-state index in [1.807, 2.05) is 0 Å². The smallest absolute Gasteiger partial charge is 0.243 e. The summed E-state index contributed by atoms with van der Waals surface area (Å²) in [7, 11) is -1.41. The van der Waals surface area contributed by atoms with Gasteiger partial charge in [0.15, 0.2) is 11.5 Å². The average Bonchev–Trinajstić information content (AvgIpc) is 3.52. The second-order valence-electron chi connectivity index (χ2n) is 7.96. The lowest BCUT2D eigenvalue weighted by Gasteiger charge is -2.16. The van der Waals surface area contributed by atoms with Crippen molar-refractivity contribution in [2.75, 3.05) is 24.7 Å². The summed E-state index contributed by atoms with van der Waals surface area (Å²) in [6.07, 6.45) is 3.29. The van der Waals surface area contributed by atoms with Crippen LogP contribution >= 0.6 is 0 Å². The van der Waals surface area contributed by atoms with E-state index in [9.17, 15) is 18.6 Å². The molecule has 0 radical (unpaired) electrons. The first-order chi connectivity index (χ1) is 18.3. The number of phenols is 1. The van der Waals surface area contributed by atoms with Crippen LogP contribution in [0.1, 0.15) is 17.6 Å². The van der Waals surface area contributed by atoms with Crippen LogP contribution in [0.5, 0.6) is 11.5 Å². The predicted octanol–water partition coefficient (Wildman–Crippen LogP) is 1.81. The third-order valence-electron chi connectivity index (χ3n) is 5.46. The minimum absolute atomic E-state index is 0.0125. The Balaban J connectivity index is 1.55. The standard InChI is InChI=1S/C24H21N7O6S/c1-36-19-9-6-8-17(32)22(19)31-23(15-7-5-11-21(26-15)37-2)27-28-24(31)29-38(34,35)14-18(33)16-13-30-12-4-3-10-20(30)25-16/h3-4,6,8-13,18,32-33H,14H2,1-2H3,(H,28,29)/t18-/m1/s1. The number of nitrogens with zero attached hydrogens (tertiary/aromatic N) is 6. The lowest BCUT2D eigenvalue weighted by atomic mass is 10.2. The lowest BCUT2D eigenvalue weighted by Crippen LogP contribution is -2.24. The molecule has 1 aliphatic rings. The number of benzene rings is 1. The van der Waals surface area contributed by atoms with Crippen molar-refractivity contribution in [2.45, 2.75) is 6.10 Å². The Labute approximate surface area is 216 Å². The first-order valence-corrected chi connectivity index (χ1v) is 12.7. The Morgan fingerprint density at radius 1 is 1.13 bits per heavy atom. The van der Waals surface area contributed by atoms with Gasteiger partial charge in [0, 0.05) is 12.4 Å². The molecule has 0 fully saturated rings. The Morgan fingerprint density at radius 3 is 2.74 bits per heavy atom. The molecule has 194 valence electrons. The van der Waals surface area contributed by atoms with E-state index < -0.39 is 21.9 Å². The summed E-state index contributed by atoms with van der Waals surface area (Å²) < 4.78 is 42.0. The Bertz CT molecular complexity index is 1740. The molecule has 1 aromatic carbocycles. The molecule has 1 atom stereocenters. The monoisotopic (exact) mass is 535 g/mol. The van der Waals surface area contributed by atoms with Gasteiger partial charge in [0.05, 0.1) is 26.0 Å². The molecule has 38 heavy (non-hydrogen) atoms. The van der Waals surface area contributed by atoms with Crippen molar-refractivity contribution in [3.05, 3.63) is 77.8 Å². The maximum Gasteiger partial charge on any atom is 0.243 e. The first kappa shape index (κ1) is 24.8. The molecule has 0 aliphatic carbocycles. The van der Waals surface area contributed by atoms with Crippen molar-refractivity contribution in [1.82, 2.24) is 24.1 Å². The topological polar surface area (TPSA) is 165 Å². The van der Waals surface area contributed by atoms with Gasteiger partial charge in [0.2, 0.25) is 21.9 Å². The number of rotatable bonds is 8. The van der Waals surface area contributed by atoms with E-state index in [-0.39, 0.29) is 46.2 Å². The van der Waals surface area contributed by atoms with E-state index in [4.69, 9.17) is 9.47 Å². The maximum absolute atomic E-state index is 13.1. The second kappa shape index (κ2) is 9.88. The molecule has 3 aromatic heterocycles. The van der Waals surface area contributed by atoms with Crippen molar-refractivity contribution in [2.24, 2.45) is 4.99 Å². The van der Waals surface area contributed by atoms with Crippen LogP contribution in [0.3, 0.4) is 0 Å². The average molecular weight is 536 g/mol. The van der Waals surface area contributed by atoms with E-state index in [1.54, 1.807) is 47.1 Å². The molecular weight excluding hydrogens is 514 g/mol. The van der Waals surface area contributed by atoms with Crippen LogP contribution in [0.2, 0.25) is 0 Å². The Morgan fingerprint density at radius 2 is 1.97 bits per heavy atom. The van der Waals surface area contributed by atoms with Gasteiger partial charge in [0.25, 0.3) is 0 Å². The summed E-state index contributed by atoms with van der Waals surface area (Å²) in [5.41, 5.74) is 6.42. The lowest BCUT2D eigenvalue weighted by molar-refractivity contribution is 0.197. The van der Waals surface area contributed by atoms with Gasteiger partial charge < -0.3 is 24.1 Å². The number of hydrogen-bond acceptors (Lipinski definition) is 10. The Kier molecular flexibility index (Phi) is 6.45. The predicted molar refractivity (Wildman–Crippen MR) is 137 cm³/mol. The number of aromatic hydroxyl groups is 1. The number of methoxy groups -OCH3 is 2. The molecule has 1 aliphatic heterocycles. The van der Waals surface area contributed by atoms with Crippen LogP contribution in [0.15, 0.2) is 71.3 Å². The number of aromatic nitrogens is 5. The van der Waals surface area contributed by atoms with Gasteiger partial charge in [-0.25, -0.2) is 18.4 Å². The van der Waals surface area contributed by atoms with Gasteiger partial charge in [-0.3, -0.25) is 9.29 Å². The van der Waals surface area contributed by atoms with E-state index >= 15 is 0 Å². The Hall–Kier alpha value is -4.87. The number of aliphatic hydroxyl groups excluding tert-OH is 1. The summed E-state index contributed by atoms with van der Waals surface area (Å²) in [6, 6.07) is 9.81. The van der Waals surface area contributed by atoms with Crippen molar-refractivity contribution < 1.29 is 28.1 Å². The molecule has 4 aromatic rings. The fourth-order valence-electron chi connectivity index (χ4n) is 3.75. The largest absolute Gasteiger partial charge is 0.506 e. The number of nitrogens with one attached hydrogen (secondary N) is 1. The van der Waals surface area contributed by atoms with Crippen LogP contribution in [-0.4, -0.2) is 68.7 Å². The molecular formula is C24H21N7O6S. The molecule has 0 spiro atoms. The minimum Gasteiger partial charge on any atom is -0.506 e. The molecule has 0 saturated carbocycles. The molecule has 13 nitrogen and oxygen atoms in total.